The Morgan fingerprint density at radius 2 is 1.85 bits per heavy atom. The number of carbonyl (C=O) groups is 2. The number of carbonyl (C=O) groups excluding carboxylic acids is 2. The lowest BCUT2D eigenvalue weighted by molar-refractivity contribution is -0.131. The zero-order valence-corrected chi connectivity index (χ0v) is 16.5. The van der Waals surface area contributed by atoms with E-state index in [0.717, 1.165) is 11.3 Å². The summed E-state index contributed by atoms with van der Waals surface area (Å²) in [5.74, 6) is -0.426. The molecule has 27 heavy (non-hydrogen) atoms. The van der Waals surface area contributed by atoms with Crippen LogP contribution in [0.1, 0.15) is 28.9 Å². The molecule has 0 radical (unpaired) electrons. The summed E-state index contributed by atoms with van der Waals surface area (Å²) in [6, 6.07) is 6.64. The molecule has 0 bridgehead atoms. The smallest absolute Gasteiger partial charge is 0.337 e. The fourth-order valence-corrected chi connectivity index (χ4v) is 3.48. The van der Waals surface area contributed by atoms with E-state index in [1.54, 1.807) is 12.1 Å². The van der Waals surface area contributed by atoms with Crippen LogP contribution >= 0.6 is 12.2 Å². The van der Waals surface area contributed by atoms with Crippen molar-refractivity contribution in [3.05, 3.63) is 46.7 Å². The minimum Gasteiger partial charge on any atom is -0.465 e. The van der Waals surface area contributed by atoms with E-state index >= 15 is 0 Å². The number of esters is 1. The summed E-state index contributed by atoms with van der Waals surface area (Å²) in [5.41, 5.74) is 2.78. The Kier molecular flexibility index (Phi) is 5.76. The van der Waals surface area contributed by atoms with Crippen molar-refractivity contribution in [2.75, 3.05) is 40.5 Å². The molecule has 0 aromatic heterocycles. The Morgan fingerprint density at radius 1 is 1.22 bits per heavy atom. The molecule has 1 atom stereocenters. The normalized spacial score (nSPS) is 20.4. The number of methoxy groups -OCH3 is 1. The maximum atomic E-state index is 13.2. The van der Waals surface area contributed by atoms with Crippen LogP contribution in [-0.2, 0) is 14.3 Å². The van der Waals surface area contributed by atoms with E-state index in [2.05, 4.69) is 5.32 Å². The van der Waals surface area contributed by atoms with E-state index < -0.39 is 5.97 Å². The number of thiocarbonyl (C=S) groups is 1. The summed E-state index contributed by atoms with van der Waals surface area (Å²) in [5, 5.41) is 3.80. The first-order valence-corrected chi connectivity index (χ1v) is 9.15. The van der Waals surface area contributed by atoms with Gasteiger partial charge in [0.05, 0.1) is 37.5 Å². The van der Waals surface area contributed by atoms with Crippen molar-refractivity contribution >= 4 is 29.2 Å². The molecule has 1 unspecified atom stereocenters. The van der Waals surface area contributed by atoms with E-state index in [1.165, 1.54) is 7.11 Å². The van der Waals surface area contributed by atoms with E-state index in [9.17, 15) is 9.59 Å². The SMILES string of the molecule is COC(=O)c1ccc(C2NC(=S)N(C)C(C)=C2C(=O)N2CCOCC2)cc1. The fourth-order valence-electron chi connectivity index (χ4n) is 3.23. The zero-order valence-electron chi connectivity index (χ0n) is 15.7. The average molecular weight is 389 g/mol. The van der Waals surface area contributed by atoms with Gasteiger partial charge in [0.25, 0.3) is 5.91 Å². The maximum absolute atomic E-state index is 13.2. The van der Waals surface area contributed by atoms with Crippen molar-refractivity contribution in [2.24, 2.45) is 0 Å². The number of allylic oxidation sites excluding steroid dienone is 1. The van der Waals surface area contributed by atoms with Crippen molar-refractivity contribution in [3.63, 3.8) is 0 Å². The Labute approximate surface area is 163 Å². The Morgan fingerprint density at radius 3 is 2.44 bits per heavy atom. The van der Waals surface area contributed by atoms with E-state index in [0.29, 0.717) is 42.6 Å². The molecule has 0 saturated carbocycles. The third-order valence-corrected chi connectivity index (χ3v) is 5.34. The van der Waals surface area contributed by atoms with Crippen molar-refractivity contribution in [3.8, 4) is 0 Å². The first-order valence-electron chi connectivity index (χ1n) is 8.74. The van der Waals surface area contributed by atoms with Crippen LogP contribution in [-0.4, -0.2) is 67.2 Å². The molecule has 2 aliphatic heterocycles. The molecule has 1 saturated heterocycles. The molecule has 0 aliphatic carbocycles. The summed E-state index contributed by atoms with van der Waals surface area (Å²) in [6.45, 7) is 4.11. The van der Waals surface area contributed by atoms with Crippen LogP contribution in [0.2, 0.25) is 0 Å². The number of hydrogen-bond acceptors (Lipinski definition) is 5. The molecule has 2 aliphatic rings. The Balaban J connectivity index is 1.97. The lowest BCUT2D eigenvalue weighted by Crippen LogP contribution is -2.50. The molecule has 7 nitrogen and oxygen atoms in total. The first-order chi connectivity index (χ1) is 12.9. The van der Waals surface area contributed by atoms with Crippen molar-refractivity contribution in [2.45, 2.75) is 13.0 Å². The van der Waals surface area contributed by atoms with Crippen LogP contribution in [0.4, 0.5) is 0 Å². The molecule has 3 rings (SSSR count). The standard InChI is InChI=1S/C19H23N3O4S/c1-12-15(17(23)22-8-10-26-11-9-22)16(20-19(27)21(12)2)13-4-6-14(7-5-13)18(24)25-3/h4-7,16H,8-11H2,1-3H3,(H,20,27). The van der Waals surface area contributed by atoms with Gasteiger partial charge in [0.15, 0.2) is 5.11 Å². The molecule has 144 valence electrons. The topological polar surface area (TPSA) is 71.1 Å². The summed E-state index contributed by atoms with van der Waals surface area (Å²) in [4.78, 5) is 28.5. The molecule has 1 N–H and O–H groups in total. The Hall–Kier alpha value is -2.45. The predicted octanol–water partition coefficient (Wildman–Crippen LogP) is 1.47. The molecule has 1 amide bonds. The van der Waals surface area contributed by atoms with E-state index in [-0.39, 0.29) is 11.9 Å². The highest BCUT2D eigenvalue weighted by Crippen LogP contribution is 2.31. The maximum Gasteiger partial charge on any atom is 0.337 e. The van der Waals surface area contributed by atoms with Crippen LogP contribution in [0, 0.1) is 0 Å². The van der Waals surface area contributed by atoms with Crippen LogP contribution in [0.3, 0.4) is 0 Å². The van der Waals surface area contributed by atoms with Gasteiger partial charge in [0.2, 0.25) is 0 Å². The monoisotopic (exact) mass is 389 g/mol. The van der Waals surface area contributed by atoms with Gasteiger partial charge >= 0.3 is 5.97 Å². The Bertz CT molecular complexity index is 785. The van der Waals surface area contributed by atoms with Gasteiger partial charge in [0, 0.05) is 25.8 Å². The van der Waals surface area contributed by atoms with Gasteiger partial charge < -0.3 is 24.6 Å². The largest absolute Gasteiger partial charge is 0.465 e. The minimum absolute atomic E-state index is 0.0281. The highest BCUT2D eigenvalue weighted by molar-refractivity contribution is 7.80. The first kappa shape index (κ1) is 19.3. The van der Waals surface area contributed by atoms with Gasteiger partial charge in [-0.1, -0.05) is 12.1 Å². The second-order valence-electron chi connectivity index (χ2n) is 6.46. The molecule has 1 fully saturated rings. The molecule has 2 heterocycles. The van der Waals surface area contributed by atoms with Crippen LogP contribution in [0.25, 0.3) is 0 Å². The quantitative estimate of drug-likeness (QED) is 0.620. The fraction of sp³-hybridized carbons (Fsp3) is 0.421. The van der Waals surface area contributed by atoms with E-state index in [1.807, 2.05) is 35.9 Å². The van der Waals surface area contributed by atoms with Crippen LogP contribution < -0.4 is 5.32 Å². The molecular formula is C19H23N3O4S. The van der Waals surface area contributed by atoms with Crippen LogP contribution in [0.15, 0.2) is 35.5 Å². The molecular weight excluding hydrogens is 366 g/mol. The molecule has 8 heteroatoms. The second kappa shape index (κ2) is 8.06. The average Bonchev–Trinajstić information content (AvgIpc) is 2.71. The minimum atomic E-state index is -0.398. The lowest BCUT2D eigenvalue weighted by atomic mass is 9.93. The highest BCUT2D eigenvalue weighted by atomic mass is 32.1. The number of nitrogens with zero attached hydrogens (tertiary/aromatic N) is 2. The van der Waals surface area contributed by atoms with Crippen molar-refractivity contribution < 1.29 is 19.1 Å². The zero-order chi connectivity index (χ0) is 19.6. The van der Waals surface area contributed by atoms with Gasteiger partial charge in [-0.05, 0) is 36.8 Å². The number of hydrogen-bond donors (Lipinski definition) is 1. The predicted molar refractivity (Wildman–Crippen MR) is 104 cm³/mol. The van der Waals surface area contributed by atoms with Crippen molar-refractivity contribution in [1.29, 1.82) is 0 Å². The molecule has 0 spiro atoms. The van der Waals surface area contributed by atoms with Gasteiger partial charge in [-0.3, -0.25) is 4.79 Å². The number of morpholine rings is 1. The van der Waals surface area contributed by atoms with Gasteiger partial charge in [-0.15, -0.1) is 0 Å². The summed E-state index contributed by atoms with van der Waals surface area (Å²) in [7, 11) is 3.19. The highest BCUT2D eigenvalue weighted by Gasteiger charge is 2.35. The van der Waals surface area contributed by atoms with Gasteiger partial charge in [0.1, 0.15) is 0 Å². The number of benzene rings is 1. The lowest BCUT2D eigenvalue weighted by Gasteiger charge is -2.38. The molecule has 1 aromatic carbocycles. The van der Waals surface area contributed by atoms with Crippen LogP contribution in [0.5, 0.6) is 0 Å². The molecule has 1 aromatic rings. The van der Waals surface area contributed by atoms with E-state index in [4.69, 9.17) is 21.7 Å². The summed E-state index contributed by atoms with van der Waals surface area (Å²) >= 11 is 5.43. The third kappa shape index (κ3) is 3.81. The van der Waals surface area contributed by atoms with Crippen molar-refractivity contribution in [1.82, 2.24) is 15.1 Å². The number of rotatable bonds is 3. The number of nitrogens with one attached hydrogen (secondary N) is 1. The number of ether oxygens (including phenoxy) is 2. The third-order valence-electron chi connectivity index (χ3n) is 4.95. The second-order valence-corrected chi connectivity index (χ2v) is 6.85. The summed E-state index contributed by atoms with van der Waals surface area (Å²) < 4.78 is 10.1. The number of amides is 1. The van der Waals surface area contributed by atoms with Gasteiger partial charge in [-0.2, -0.15) is 0 Å². The summed E-state index contributed by atoms with van der Waals surface area (Å²) in [6.07, 6.45) is 0. The van der Waals surface area contributed by atoms with Gasteiger partial charge in [-0.25, -0.2) is 4.79 Å².